The fourth-order valence-corrected chi connectivity index (χ4v) is 6.12. The molecule has 2 aliphatic carbocycles. The van der Waals surface area contributed by atoms with Gasteiger partial charge in [-0.3, -0.25) is 0 Å². The standard InChI is InChI=1S/C31H32F2N2O2/c1-19-29(20(2)37-34-19)24-6-9-26-27(23-4-7-25(8-5-23)30(14-15-30)21(3)36)18-35(28(26)16-24)17-22-10-12-31(32,33)13-11-22/h4-9,16,18,22,36H,3,10-15,17H2,1-2H3. The highest BCUT2D eigenvalue weighted by molar-refractivity contribution is 5.98. The van der Waals surface area contributed by atoms with E-state index in [1.807, 2.05) is 13.8 Å². The largest absolute Gasteiger partial charge is 0.512 e. The van der Waals surface area contributed by atoms with Crippen molar-refractivity contribution in [2.45, 2.75) is 70.3 Å². The van der Waals surface area contributed by atoms with Crippen molar-refractivity contribution in [2.75, 3.05) is 0 Å². The van der Waals surface area contributed by atoms with Crippen molar-refractivity contribution in [3.05, 3.63) is 78.0 Å². The zero-order valence-corrected chi connectivity index (χ0v) is 21.4. The highest BCUT2D eigenvalue weighted by Gasteiger charge is 2.47. The summed E-state index contributed by atoms with van der Waals surface area (Å²) in [5, 5.41) is 15.3. The molecule has 6 rings (SSSR count). The monoisotopic (exact) mass is 502 g/mol. The van der Waals surface area contributed by atoms with E-state index in [2.05, 4.69) is 65.0 Å². The van der Waals surface area contributed by atoms with Gasteiger partial charge in [-0.05, 0) is 68.2 Å². The fraction of sp³-hybridized carbons (Fsp3) is 0.387. The van der Waals surface area contributed by atoms with Crippen LogP contribution in [-0.4, -0.2) is 20.8 Å². The van der Waals surface area contributed by atoms with Crippen molar-refractivity contribution in [2.24, 2.45) is 5.92 Å². The van der Waals surface area contributed by atoms with Gasteiger partial charge >= 0.3 is 0 Å². The summed E-state index contributed by atoms with van der Waals surface area (Å²) in [7, 11) is 0. The van der Waals surface area contributed by atoms with Crippen LogP contribution in [0.4, 0.5) is 8.78 Å². The number of aryl methyl sites for hydroxylation is 2. The van der Waals surface area contributed by atoms with Crippen LogP contribution in [0.3, 0.4) is 0 Å². The molecule has 0 amide bonds. The first-order chi connectivity index (χ1) is 17.7. The maximum Gasteiger partial charge on any atom is 0.248 e. The van der Waals surface area contributed by atoms with E-state index < -0.39 is 5.92 Å². The Morgan fingerprint density at radius 2 is 1.73 bits per heavy atom. The molecule has 1 N–H and O–H groups in total. The van der Waals surface area contributed by atoms with E-state index in [0.717, 1.165) is 63.0 Å². The Hall–Kier alpha value is -3.41. The Morgan fingerprint density at radius 1 is 1.05 bits per heavy atom. The van der Waals surface area contributed by atoms with E-state index in [-0.39, 0.29) is 29.9 Å². The Labute approximate surface area is 215 Å². The molecule has 0 saturated heterocycles. The Balaban J connectivity index is 1.41. The zero-order chi connectivity index (χ0) is 25.9. The van der Waals surface area contributed by atoms with Gasteiger partial charge in [0.15, 0.2) is 0 Å². The molecule has 2 aromatic carbocycles. The number of rotatable bonds is 6. The van der Waals surface area contributed by atoms with Crippen LogP contribution in [-0.2, 0) is 12.0 Å². The Kier molecular flexibility index (Phi) is 5.55. The molecule has 192 valence electrons. The number of fused-ring (bicyclic) bond motifs is 1. The van der Waals surface area contributed by atoms with Crippen molar-refractivity contribution in [1.29, 1.82) is 0 Å². The second-order valence-corrected chi connectivity index (χ2v) is 11.0. The molecule has 0 bridgehead atoms. The van der Waals surface area contributed by atoms with Crippen LogP contribution in [0.5, 0.6) is 0 Å². The summed E-state index contributed by atoms with van der Waals surface area (Å²) in [4.78, 5) is 0. The highest BCUT2D eigenvalue weighted by Crippen LogP contribution is 2.52. The molecular weight excluding hydrogens is 470 g/mol. The summed E-state index contributed by atoms with van der Waals surface area (Å²) in [5.41, 5.74) is 6.97. The van der Waals surface area contributed by atoms with Gasteiger partial charge in [0.1, 0.15) is 5.76 Å². The van der Waals surface area contributed by atoms with Crippen molar-refractivity contribution >= 4 is 10.9 Å². The van der Waals surface area contributed by atoms with Crippen LogP contribution in [0.1, 0.15) is 55.5 Å². The summed E-state index contributed by atoms with van der Waals surface area (Å²) in [6, 6.07) is 14.8. The number of aliphatic hydroxyl groups is 1. The number of halogens is 2. The number of hydrogen-bond donors (Lipinski definition) is 1. The minimum Gasteiger partial charge on any atom is -0.512 e. The minimum atomic E-state index is -2.53. The molecular formula is C31H32F2N2O2. The highest BCUT2D eigenvalue weighted by atomic mass is 19.3. The molecule has 2 fully saturated rings. The van der Waals surface area contributed by atoms with Crippen molar-refractivity contribution in [3.63, 3.8) is 0 Å². The third-order valence-corrected chi connectivity index (χ3v) is 8.55. The lowest BCUT2D eigenvalue weighted by Gasteiger charge is -2.28. The number of alkyl halides is 2. The van der Waals surface area contributed by atoms with Gasteiger partial charge in [0.25, 0.3) is 0 Å². The summed E-state index contributed by atoms with van der Waals surface area (Å²) in [6.07, 6.45) is 5.01. The first-order valence-electron chi connectivity index (χ1n) is 13.1. The zero-order valence-electron chi connectivity index (χ0n) is 21.4. The summed E-state index contributed by atoms with van der Waals surface area (Å²) < 4.78 is 35.3. The number of nitrogens with zero attached hydrogens (tertiary/aromatic N) is 2. The molecule has 0 unspecified atom stereocenters. The average Bonchev–Trinajstić information content (AvgIpc) is 3.53. The van der Waals surface area contributed by atoms with Crippen LogP contribution >= 0.6 is 0 Å². The van der Waals surface area contributed by atoms with E-state index >= 15 is 0 Å². The van der Waals surface area contributed by atoms with Gasteiger partial charge in [0.2, 0.25) is 5.92 Å². The number of allylic oxidation sites excluding steroid dienone is 1. The van der Waals surface area contributed by atoms with Crippen molar-refractivity contribution in [1.82, 2.24) is 9.72 Å². The Morgan fingerprint density at radius 3 is 2.32 bits per heavy atom. The molecule has 2 aromatic heterocycles. The van der Waals surface area contributed by atoms with Crippen LogP contribution in [0.2, 0.25) is 0 Å². The van der Waals surface area contributed by atoms with Gasteiger partial charge in [0.05, 0.1) is 16.9 Å². The van der Waals surface area contributed by atoms with Gasteiger partial charge in [-0.2, -0.15) is 0 Å². The van der Waals surface area contributed by atoms with Crippen LogP contribution in [0.15, 0.2) is 65.5 Å². The molecule has 6 heteroatoms. The molecule has 2 saturated carbocycles. The second-order valence-electron chi connectivity index (χ2n) is 11.0. The lowest BCUT2D eigenvalue weighted by Crippen LogP contribution is -2.26. The first-order valence-corrected chi connectivity index (χ1v) is 13.1. The molecule has 0 atom stereocenters. The van der Waals surface area contributed by atoms with Gasteiger partial charge < -0.3 is 14.2 Å². The van der Waals surface area contributed by atoms with Gasteiger partial charge in [-0.25, -0.2) is 8.78 Å². The van der Waals surface area contributed by atoms with Crippen LogP contribution in [0, 0.1) is 19.8 Å². The van der Waals surface area contributed by atoms with Crippen molar-refractivity contribution in [3.8, 4) is 22.3 Å². The molecule has 4 aromatic rings. The predicted molar refractivity (Wildman–Crippen MR) is 142 cm³/mol. The molecule has 37 heavy (non-hydrogen) atoms. The van der Waals surface area contributed by atoms with Crippen LogP contribution in [0.25, 0.3) is 33.2 Å². The van der Waals surface area contributed by atoms with Gasteiger partial charge in [-0.15, -0.1) is 0 Å². The minimum absolute atomic E-state index is 0.0343. The lowest BCUT2D eigenvalue weighted by atomic mass is 9.87. The van der Waals surface area contributed by atoms with E-state index in [1.54, 1.807) is 0 Å². The number of hydrogen-bond acceptors (Lipinski definition) is 3. The van der Waals surface area contributed by atoms with Gasteiger partial charge in [-0.1, -0.05) is 48.1 Å². The maximum atomic E-state index is 13.8. The molecule has 0 aliphatic heterocycles. The Bertz CT molecular complexity index is 1460. The molecule has 0 radical (unpaired) electrons. The fourth-order valence-electron chi connectivity index (χ4n) is 6.12. The van der Waals surface area contributed by atoms with E-state index in [1.165, 1.54) is 0 Å². The van der Waals surface area contributed by atoms with E-state index in [9.17, 15) is 13.9 Å². The predicted octanol–water partition coefficient (Wildman–Crippen LogP) is 8.51. The maximum absolute atomic E-state index is 13.8. The normalized spacial score (nSPS) is 18.8. The molecule has 2 aliphatic rings. The summed E-state index contributed by atoms with van der Waals surface area (Å²) in [5.74, 6) is -1.29. The molecule has 4 nitrogen and oxygen atoms in total. The second kappa shape index (κ2) is 8.57. The van der Waals surface area contributed by atoms with E-state index in [4.69, 9.17) is 4.52 Å². The number of aliphatic hydroxyl groups excluding tert-OH is 1. The lowest BCUT2D eigenvalue weighted by molar-refractivity contribution is -0.0472. The smallest absolute Gasteiger partial charge is 0.248 e. The van der Waals surface area contributed by atoms with Gasteiger partial charge in [0, 0.05) is 47.6 Å². The number of aromatic nitrogens is 2. The molecule has 2 heterocycles. The average molecular weight is 503 g/mol. The summed E-state index contributed by atoms with van der Waals surface area (Å²) in [6.45, 7) is 8.36. The van der Waals surface area contributed by atoms with E-state index in [0.29, 0.717) is 19.4 Å². The topological polar surface area (TPSA) is 51.2 Å². The third kappa shape index (κ3) is 4.16. The van der Waals surface area contributed by atoms with Crippen LogP contribution < -0.4 is 0 Å². The summed E-state index contributed by atoms with van der Waals surface area (Å²) >= 11 is 0. The van der Waals surface area contributed by atoms with Crippen molar-refractivity contribution < 1.29 is 18.4 Å². The quantitative estimate of drug-likeness (QED) is 0.269. The molecule has 0 spiro atoms. The SMILES string of the molecule is C=C(O)C1(c2ccc(-c3cn(CC4CCC(F)(F)CC4)c4cc(-c5c(C)noc5C)ccc34)cc2)CC1. The third-order valence-electron chi connectivity index (χ3n) is 8.55. The first kappa shape index (κ1) is 24.0. The number of benzene rings is 2.